The Labute approximate surface area is 199 Å². The number of hydrogen-bond acceptors (Lipinski definition) is 8. The molecule has 4 saturated heterocycles. The first-order valence-electron chi connectivity index (χ1n) is 12.4. The molecule has 1 saturated carbocycles. The fourth-order valence-electron chi connectivity index (χ4n) is 6.17. The highest BCUT2D eigenvalue weighted by molar-refractivity contribution is 5.85. The smallest absolute Gasteiger partial charge is 0.326 e. The van der Waals surface area contributed by atoms with Gasteiger partial charge in [-0.1, -0.05) is 27.7 Å². The van der Waals surface area contributed by atoms with Gasteiger partial charge in [-0.25, -0.2) is 14.6 Å². The Balaban J connectivity index is 1.40. The van der Waals surface area contributed by atoms with Gasteiger partial charge in [0, 0.05) is 24.7 Å². The zero-order chi connectivity index (χ0) is 24.8. The average molecular weight is 484 g/mol. The number of amides is 1. The minimum atomic E-state index is -1.11. The number of ether oxygens (including phenoxy) is 3. The van der Waals surface area contributed by atoms with Crippen LogP contribution < -0.4 is 5.32 Å². The first-order valence-corrected chi connectivity index (χ1v) is 12.4. The van der Waals surface area contributed by atoms with Crippen LogP contribution >= 0.6 is 0 Å². The van der Waals surface area contributed by atoms with E-state index in [1.165, 1.54) is 0 Å². The number of carbonyl (C=O) groups excluding carboxylic acids is 2. The number of fused-ring (bicyclic) bond motifs is 2. The van der Waals surface area contributed by atoms with Crippen molar-refractivity contribution in [3.63, 3.8) is 0 Å². The summed E-state index contributed by atoms with van der Waals surface area (Å²) in [5.41, 5.74) is -0.738. The first kappa shape index (κ1) is 25.3. The maximum Gasteiger partial charge on any atom is 0.326 e. The molecule has 1 aliphatic carbocycles. The lowest BCUT2D eigenvalue weighted by molar-refractivity contribution is -0.576. The lowest BCUT2D eigenvalue weighted by Crippen LogP contribution is -2.70. The summed E-state index contributed by atoms with van der Waals surface area (Å²) in [5, 5.41) is 11.7. The van der Waals surface area contributed by atoms with Crippen molar-refractivity contribution in [2.45, 2.75) is 103 Å². The van der Waals surface area contributed by atoms with Crippen LogP contribution in [0.5, 0.6) is 0 Å². The first-order chi connectivity index (χ1) is 16.0. The van der Waals surface area contributed by atoms with Gasteiger partial charge < -0.3 is 24.6 Å². The van der Waals surface area contributed by atoms with Gasteiger partial charge in [0.1, 0.15) is 6.04 Å². The lowest BCUT2D eigenvalue weighted by Gasteiger charge is -2.59. The highest BCUT2D eigenvalue weighted by atomic mass is 17.3. The molecule has 0 aromatic heterocycles. The Morgan fingerprint density at radius 3 is 2.50 bits per heavy atom. The van der Waals surface area contributed by atoms with Crippen molar-refractivity contribution in [1.29, 1.82) is 0 Å². The predicted octanol–water partition coefficient (Wildman–Crippen LogP) is 2.74. The van der Waals surface area contributed by atoms with Crippen molar-refractivity contribution in [1.82, 2.24) is 5.32 Å². The molecule has 4 aliphatic heterocycles. The van der Waals surface area contributed by atoms with Gasteiger partial charge in [-0.15, -0.1) is 0 Å². The number of carboxylic acid groups (broad SMARTS) is 1. The lowest BCUT2D eigenvalue weighted by atomic mass is 9.58. The molecule has 1 spiro atoms. The average Bonchev–Trinajstić information content (AvgIpc) is 2.99. The summed E-state index contributed by atoms with van der Waals surface area (Å²) in [7, 11) is 0. The summed E-state index contributed by atoms with van der Waals surface area (Å²) in [6.45, 7) is 9.45. The minimum Gasteiger partial charge on any atom is -0.480 e. The van der Waals surface area contributed by atoms with Crippen LogP contribution in [-0.2, 0) is 38.4 Å². The summed E-state index contributed by atoms with van der Waals surface area (Å²) in [6.07, 6.45) is 1.62. The molecule has 0 aromatic rings. The molecule has 0 unspecified atom stereocenters. The van der Waals surface area contributed by atoms with E-state index in [-0.39, 0.29) is 36.5 Å². The SMILES string of the molecule is CC(C)[C@H](NC(=O)CCC(=O)O[C@@H]1O[C@@H]2O[C@@]3(C)CC[C@H]4[C@H](C)CC[C@@H]([C@H]1C)[C@@]24OO3)C(=O)O. The molecule has 4 heterocycles. The van der Waals surface area contributed by atoms with E-state index < -0.39 is 47.9 Å². The van der Waals surface area contributed by atoms with Gasteiger partial charge in [0.25, 0.3) is 0 Å². The van der Waals surface area contributed by atoms with Crippen molar-refractivity contribution >= 4 is 17.8 Å². The third kappa shape index (κ3) is 4.45. The van der Waals surface area contributed by atoms with Crippen molar-refractivity contribution in [3.05, 3.63) is 0 Å². The standard InChI is InChI=1S/C24H37NO9/c1-12(2)19(20(28)29)25-17(26)8-9-18(27)30-21-14(4)16-7-6-13(3)15-10-11-23(5)32-22(31-21)24(15,16)34-33-23/h12-16,19,21-22H,6-11H2,1-5H3,(H,25,26)(H,28,29)/t13-,14-,15+,16+,19+,21-,22-,23-,24-/m1/s1. The predicted molar refractivity (Wildman–Crippen MR) is 117 cm³/mol. The van der Waals surface area contributed by atoms with Gasteiger partial charge in [-0.3, -0.25) is 9.59 Å². The molecule has 5 fully saturated rings. The van der Waals surface area contributed by atoms with Crippen LogP contribution in [0, 0.1) is 29.6 Å². The van der Waals surface area contributed by atoms with Crippen LogP contribution in [-0.4, -0.2) is 53.0 Å². The van der Waals surface area contributed by atoms with E-state index in [2.05, 4.69) is 12.2 Å². The van der Waals surface area contributed by atoms with Crippen molar-refractivity contribution in [2.75, 3.05) is 0 Å². The summed E-state index contributed by atoms with van der Waals surface area (Å²) >= 11 is 0. The molecule has 2 bridgehead atoms. The summed E-state index contributed by atoms with van der Waals surface area (Å²) in [5.74, 6) is -2.88. The molecule has 10 heteroatoms. The van der Waals surface area contributed by atoms with Crippen molar-refractivity contribution in [2.24, 2.45) is 29.6 Å². The number of hydrogen-bond donors (Lipinski definition) is 2. The third-order valence-corrected chi connectivity index (χ3v) is 8.15. The van der Waals surface area contributed by atoms with Gasteiger partial charge in [0.05, 0.1) is 6.42 Å². The summed E-state index contributed by atoms with van der Waals surface area (Å²) in [6, 6.07) is -1.01. The number of esters is 1. The molecule has 5 rings (SSSR count). The molecule has 5 aliphatic rings. The molecule has 0 aromatic carbocycles. The zero-order valence-electron chi connectivity index (χ0n) is 20.6. The maximum absolute atomic E-state index is 12.6. The van der Waals surface area contributed by atoms with E-state index in [4.69, 9.17) is 24.0 Å². The van der Waals surface area contributed by atoms with Crippen LogP contribution in [0.4, 0.5) is 0 Å². The van der Waals surface area contributed by atoms with Crippen LogP contribution in [0.2, 0.25) is 0 Å². The summed E-state index contributed by atoms with van der Waals surface area (Å²) < 4.78 is 18.1. The molecule has 34 heavy (non-hydrogen) atoms. The van der Waals surface area contributed by atoms with Crippen LogP contribution in [0.1, 0.15) is 73.1 Å². The van der Waals surface area contributed by atoms with E-state index in [0.29, 0.717) is 12.3 Å². The Morgan fingerprint density at radius 2 is 1.82 bits per heavy atom. The molecule has 0 radical (unpaired) electrons. The Kier molecular flexibility index (Phi) is 6.98. The Bertz CT molecular complexity index is 818. The van der Waals surface area contributed by atoms with E-state index in [1.54, 1.807) is 13.8 Å². The fraction of sp³-hybridized carbons (Fsp3) is 0.875. The van der Waals surface area contributed by atoms with Gasteiger partial charge in [-0.2, -0.15) is 0 Å². The summed E-state index contributed by atoms with van der Waals surface area (Å²) in [4.78, 5) is 47.9. The highest BCUT2D eigenvalue weighted by Gasteiger charge is 2.69. The molecular weight excluding hydrogens is 446 g/mol. The second-order valence-electron chi connectivity index (χ2n) is 10.9. The minimum absolute atomic E-state index is 0.0264. The number of carboxylic acids is 1. The van der Waals surface area contributed by atoms with Gasteiger partial charge in [-0.05, 0) is 43.9 Å². The van der Waals surface area contributed by atoms with Gasteiger partial charge in [0.15, 0.2) is 11.9 Å². The second-order valence-corrected chi connectivity index (χ2v) is 10.9. The number of aliphatic carboxylic acids is 1. The van der Waals surface area contributed by atoms with Crippen LogP contribution in [0.3, 0.4) is 0 Å². The number of nitrogens with one attached hydrogen (secondary N) is 1. The van der Waals surface area contributed by atoms with Crippen LogP contribution in [0.25, 0.3) is 0 Å². The zero-order valence-corrected chi connectivity index (χ0v) is 20.6. The molecule has 2 N–H and O–H groups in total. The fourth-order valence-corrected chi connectivity index (χ4v) is 6.17. The third-order valence-electron chi connectivity index (χ3n) is 8.15. The Morgan fingerprint density at radius 1 is 1.09 bits per heavy atom. The van der Waals surface area contributed by atoms with Crippen LogP contribution in [0.15, 0.2) is 0 Å². The molecule has 9 atom stereocenters. The van der Waals surface area contributed by atoms with Crippen molar-refractivity contribution in [3.8, 4) is 0 Å². The quantitative estimate of drug-likeness (QED) is 0.415. The number of rotatable bonds is 7. The highest BCUT2D eigenvalue weighted by Crippen LogP contribution is 2.60. The van der Waals surface area contributed by atoms with Gasteiger partial charge >= 0.3 is 11.9 Å². The van der Waals surface area contributed by atoms with E-state index in [0.717, 1.165) is 19.3 Å². The van der Waals surface area contributed by atoms with E-state index >= 15 is 0 Å². The largest absolute Gasteiger partial charge is 0.480 e. The molecule has 10 nitrogen and oxygen atoms in total. The maximum atomic E-state index is 12.6. The van der Waals surface area contributed by atoms with Crippen molar-refractivity contribution < 1.29 is 43.5 Å². The Hall–Kier alpha value is -1.75. The number of carbonyl (C=O) groups is 3. The molecular formula is C24H37NO9. The van der Waals surface area contributed by atoms with E-state index in [9.17, 15) is 19.5 Å². The second kappa shape index (κ2) is 9.37. The van der Waals surface area contributed by atoms with E-state index in [1.807, 2.05) is 13.8 Å². The topological polar surface area (TPSA) is 130 Å². The monoisotopic (exact) mass is 483 g/mol. The molecule has 192 valence electrons. The normalized spacial score (nSPS) is 41.8. The van der Waals surface area contributed by atoms with Gasteiger partial charge in [0.2, 0.25) is 18.0 Å². The molecule has 1 amide bonds.